The average Bonchev–Trinajstić information content (AvgIpc) is 3.37. The topological polar surface area (TPSA) is 81.0 Å². The van der Waals surface area contributed by atoms with E-state index in [9.17, 15) is 4.79 Å². The minimum Gasteiger partial charge on any atom is -0.452 e. The molecule has 0 radical (unpaired) electrons. The summed E-state index contributed by atoms with van der Waals surface area (Å²) in [4.78, 5) is 16.1. The molecule has 6 heteroatoms. The molecule has 1 atom stereocenters. The molecule has 1 unspecified atom stereocenters. The molecule has 0 bridgehead atoms. The molecule has 0 amide bonds. The van der Waals surface area contributed by atoms with Crippen molar-refractivity contribution in [3.8, 4) is 11.5 Å². The van der Waals surface area contributed by atoms with Crippen LogP contribution < -0.4 is 0 Å². The summed E-state index contributed by atoms with van der Waals surface area (Å²) < 4.78 is 11.0. The maximum absolute atomic E-state index is 12.6. The number of aromatic amines is 1. The number of H-pyrrole nitrogens is 1. The van der Waals surface area contributed by atoms with Gasteiger partial charge in [0.1, 0.15) is 0 Å². The highest BCUT2D eigenvalue weighted by molar-refractivity contribution is 5.96. The zero-order valence-electron chi connectivity index (χ0n) is 16.1. The van der Waals surface area contributed by atoms with Crippen LogP contribution in [-0.4, -0.2) is 21.2 Å². The Morgan fingerprint density at radius 3 is 2.93 bits per heavy atom. The molecular weight excluding hydrogens is 366 g/mol. The predicted molar refractivity (Wildman–Crippen MR) is 108 cm³/mol. The molecule has 2 aromatic carbocycles. The van der Waals surface area contributed by atoms with Gasteiger partial charge in [-0.2, -0.15) is 0 Å². The summed E-state index contributed by atoms with van der Waals surface area (Å²) in [5.41, 5.74) is 5.06. The van der Waals surface area contributed by atoms with Crippen molar-refractivity contribution in [3.05, 3.63) is 71.2 Å². The fraction of sp³-hybridized carbons (Fsp3) is 0.261. The molecule has 1 aliphatic rings. The van der Waals surface area contributed by atoms with Gasteiger partial charge in [-0.3, -0.25) is 0 Å². The van der Waals surface area contributed by atoms with Crippen molar-refractivity contribution in [3.63, 3.8) is 0 Å². The van der Waals surface area contributed by atoms with E-state index in [4.69, 9.17) is 9.15 Å². The first-order valence-corrected chi connectivity index (χ1v) is 9.86. The van der Waals surface area contributed by atoms with E-state index in [-0.39, 0.29) is 12.5 Å². The van der Waals surface area contributed by atoms with Crippen molar-refractivity contribution >= 4 is 16.9 Å². The summed E-state index contributed by atoms with van der Waals surface area (Å²) in [6.45, 7) is 2.22. The van der Waals surface area contributed by atoms with Crippen molar-refractivity contribution in [2.45, 2.75) is 32.8 Å². The summed E-state index contributed by atoms with van der Waals surface area (Å²) >= 11 is 0. The first-order chi connectivity index (χ1) is 14.2. The Hall–Kier alpha value is -3.41. The van der Waals surface area contributed by atoms with Crippen molar-refractivity contribution in [1.82, 2.24) is 15.2 Å². The molecular formula is C23H21N3O3. The van der Waals surface area contributed by atoms with Gasteiger partial charge < -0.3 is 14.1 Å². The van der Waals surface area contributed by atoms with E-state index < -0.39 is 5.97 Å². The highest BCUT2D eigenvalue weighted by atomic mass is 16.5. The van der Waals surface area contributed by atoms with Crippen molar-refractivity contribution in [2.24, 2.45) is 5.92 Å². The quantitative estimate of drug-likeness (QED) is 0.513. The first kappa shape index (κ1) is 17.7. The van der Waals surface area contributed by atoms with Crippen LogP contribution in [0.4, 0.5) is 0 Å². The largest absolute Gasteiger partial charge is 0.452 e. The van der Waals surface area contributed by atoms with Gasteiger partial charge in [0.25, 0.3) is 5.89 Å². The number of hydrogen-bond donors (Lipinski definition) is 1. The van der Waals surface area contributed by atoms with Gasteiger partial charge in [0.2, 0.25) is 5.89 Å². The second-order valence-corrected chi connectivity index (χ2v) is 7.63. The van der Waals surface area contributed by atoms with Gasteiger partial charge in [0.15, 0.2) is 6.61 Å². The molecule has 6 nitrogen and oxygen atoms in total. The zero-order valence-corrected chi connectivity index (χ0v) is 16.1. The van der Waals surface area contributed by atoms with Gasteiger partial charge in [-0.05, 0) is 61.1 Å². The molecule has 2 heterocycles. The first-order valence-electron chi connectivity index (χ1n) is 9.86. The molecule has 0 spiro atoms. The van der Waals surface area contributed by atoms with Gasteiger partial charge in [-0.15, -0.1) is 10.2 Å². The number of aryl methyl sites for hydroxylation is 1. The van der Waals surface area contributed by atoms with E-state index in [1.807, 2.05) is 42.5 Å². The Morgan fingerprint density at radius 2 is 2.07 bits per heavy atom. The number of rotatable bonds is 4. The van der Waals surface area contributed by atoms with E-state index in [1.165, 1.54) is 17.7 Å². The Kier molecular flexibility index (Phi) is 4.39. The lowest BCUT2D eigenvalue weighted by Gasteiger charge is -2.18. The van der Waals surface area contributed by atoms with Crippen molar-refractivity contribution in [1.29, 1.82) is 0 Å². The second kappa shape index (κ2) is 7.20. The molecule has 1 aliphatic carbocycles. The third-order valence-electron chi connectivity index (χ3n) is 5.48. The van der Waals surface area contributed by atoms with Crippen LogP contribution in [0.5, 0.6) is 0 Å². The van der Waals surface area contributed by atoms with E-state index in [0.29, 0.717) is 17.4 Å². The average molecular weight is 387 g/mol. The van der Waals surface area contributed by atoms with Crippen LogP contribution in [0.25, 0.3) is 22.4 Å². The summed E-state index contributed by atoms with van der Waals surface area (Å²) in [6.07, 6.45) is 3.30. The monoisotopic (exact) mass is 387 g/mol. The van der Waals surface area contributed by atoms with Crippen LogP contribution in [0.3, 0.4) is 0 Å². The van der Waals surface area contributed by atoms with E-state index in [2.05, 4.69) is 22.1 Å². The van der Waals surface area contributed by atoms with Crippen LogP contribution in [0.1, 0.15) is 40.9 Å². The van der Waals surface area contributed by atoms with E-state index in [0.717, 1.165) is 29.3 Å². The van der Waals surface area contributed by atoms with Crippen LogP contribution in [0, 0.1) is 5.92 Å². The Balaban J connectivity index is 1.32. The number of hydrogen-bond acceptors (Lipinski definition) is 5. The number of carbonyl (C=O) groups excluding carboxylic acids is 1. The molecule has 1 N–H and O–H groups in total. The van der Waals surface area contributed by atoms with Crippen LogP contribution in [-0.2, 0) is 24.2 Å². The van der Waals surface area contributed by atoms with Gasteiger partial charge >= 0.3 is 5.97 Å². The van der Waals surface area contributed by atoms with Crippen LogP contribution in [0.2, 0.25) is 0 Å². The maximum Gasteiger partial charge on any atom is 0.338 e. The summed E-state index contributed by atoms with van der Waals surface area (Å²) in [7, 11) is 0. The molecule has 2 aromatic heterocycles. The highest BCUT2D eigenvalue weighted by Crippen LogP contribution is 2.32. The Labute approximate surface area is 167 Å². The van der Waals surface area contributed by atoms with Crippen LogP contribution >= 0.6 is 0 Å². The summed E-state index contributed by atoms with van der Waals surface area (Å²) in [6, 6.07) is 15.2. The standard InChI is InChI=1S/C23H21N3O3/c1-14-7-9-19-17(11-14)18-12-16(8-10-20(18)24-19)23(27)28-13-21-25-26-22(29-21)15-5-3-2-4-6-15/h2-6,8,10,12,14,24H,7,9,11,13H2,1H3. The second-order valence-electron chi connectivity index (χ2n) is 7.63. The lowest BCUT2D eigenvalue weighted by atomic mass is 9.87. The SMILES string of the molecule is CC1CCc2[nH]c3ccc(C(=O)OCc4nnc(-c5ccccc5)o4)cc3c2C1. The molecule has 4 aromatic rings. The zero-order chi connectivity index (χ0) is 19.8. The van der Waals surface area contributed by atoms with Gasteiger partial charge in [-0.1, -0.05) is 25.1 Å². The number of ether oxygens (including phenoxy) is 1. The molecule has 29 heavy (non-hydrogen) atoms. The number of nitrogens with one attached hydrogen (secondary N) is 1. The van der Waals surface area contributed by atoms with Crippen LogP contribution in [0.15, 0.2) is 52.9 Å². The van der Waals surface area contributed by atoms with Gasteiger partial charge in [-0.25, -0.2) is 4.79 Å². The fourth-order valence-corrected chi connectivity index (χ4v) is 3.94. The lowest BCUT2D eigenvalue weighted by Crippen LogP contribution is -2.10. The number of nitrogens with zero attached hydrogens (tertiary/aromatic N) is 2. The summed E-state index contributed by atoms with van der Waals surface area (Å²) in [5.74, 6) is 0.941. The molecule has 0 fully saturated rings. The third kappa shape index (κ3) is 3.42. The van der Waals surface area contributed by atoms with Crippen molar-refractivity contribution < 1.29 is 13.9 Å². The Bertz CT molecular complexity index is 1180. The third-order valence-corrected chi connectivity index (χ3v) is 5.48. The van der Waals surface area contributed by atoms with E-state index >= 15 is 0 Å². The molecule has 0 saturated carbocycles. The maximum atomic E-state index is 12.6. The minimum atomic E-state index is -0.398. The number of aromatic nitrogens is 3. The number of fused-ring (bicyclic) bond motifs is 3. The van der Waals surface area contributed by atoms with E-state index in [1.54, 1.807) is 6.07 Å². The molecule has 0 aliphatic heterocycles. The van der Waals surface area contributed by atoms with Crippen molar-refractivity contribution in [2.75, 3.05) is 0 Å². The number of esters is 1. The molecule has 146 valence electrons. The molecule has 0 saturated heterocycles. The Morgan fingerprint density at radius 1 is 1.21 bits per heavy atom. The number of benzene rings is 2. The van der Waals surface area contributed by atoms with Gasteiger partial charge in [0.05, 0.1) is 5.56 Å². The fourth-order valence-electron chi connectivity index (χ4n) is 3.94. The normalized spacial score (nSPS) is 16.0. The highest BCUT2D eigenvalue weighted by Gasteiger charge is 2.21. The lowest BCUT2D eigenvalue weighted by molar-refractivity contribution is 0.0439. The predicted octanol–water partition coefficient (Wildman–Crippen LogP) is 4.70. The van der Waals surface area contributed by atoms with Gasteiger partial charge in [0, 0.05) is 22.2 Å². The summed E-state index contributed by atoms with van der Waals surface area (Å²) in [5, 5.41) is 9.10. The molecule has 5 rings (SSSR count). The minimum absolute atomic E-state index is 0.0566. The number of carbonyl (C=O) groups is 1. The smallest absolute Gasteiger partial charge is 0.338 e.